The second kappa shape index (κ2) is 8.27. The number of carbonyl (C=O) groups is 4. The Balaban J connectivity index is 1.30. The molecular formula is C33H36O10. The maximum Gasteiger partial charge on any atom is 0.351 e. The molecular weight excluding hydrogens is 556 g/mol. The first-order chi connectivity index (χ1) is 20.0. The second-order valence-electron chi connectivity index (χ2n) is 14.5. The van der Waals surface area contributed by atoms with Gasteiger partial charge in [0.1, 0.15) is 11.7 Å². The summed E-state index contributed by atoms with van der Waals surface area (Å²) in [4.78, 5) is 66.4. The molecule has 6 atom stereocenters. The number of carbonyl (C=O) groups excluding carboxylic acids is 4. The van der Waals surface area contributed by atoms with Crippen molar-refractivity contribution in [3.05, 3.63) is 45.8 Å². The van der Waals surface area contributed by atoms with Crippen LogP contribution in [-0.4, -0.2) is 41.2 Å². The quantitative estimate of drug-likeness (QED) is 0.284. The second-order valence-corrected chi connectivity index (χ2v) is 14.5. The number of esters is 4. The molecule has 43 heavy (non-hydrogen) atoms. The van der Waals surface area contributed by atoms with E-state index in [0.717, 1.165) is 5.56 Å². The van der Waals surface area contributed by atoms with Crippen LogP contribution in [-0.2, 0) is 44.5 Å². The lowest BCUT2D eigenvalue weighted by Gasteiger charge is -2.40. The van der Waals surface area contributed by atoms with Crippen LogP contribution in [0, 0.1) is 21.7 Å². The summed E-state index contributed by atoms with van der Waals surface area (Å²) in [6.07, 6.45) is 0.156. The van der Waals surface area contributed by atoms with Gasteiger partial charge in [-0.25, -0.2) is 14.4 Å². The first-order valence-corrected chi connectivity index (χ1v) is 15.0. The van der Waals surface area contributed by atoms with Crippen molar-refractivity contribution >= 4 is 34.8 Å². The van der Waals surface area contributed by atoms with Crippen molar-refractivity contribution in [2.24, 2.45) is 21.7 Å². The van der Waals surface area contributed by atoms with Crippen LogP contribution < -0.4 is 5.63 Å². The normalized spacial score (nSPS) is 38.0. The summed E-state index contributed by atoms with van der Waals surface area (Å²) in [7, 11) is 0. The molecule has 4 unspecified atom stereocenters. The SMILES string of the molecule is CC12CCC(C(=O)O[C@H]3CCc4ccc5ccc(=O)oc5c4[C@H]3OC(=O)C34CCC(C)(C(=O)O3)C4(C)C)(OC1=O)C2(C)C. The van der Waals surface area contributed by atoms with Gasteiger partial charge >= 0.3 is 29.5 Å². The standard InChI is InChI=1S/C33H36O10/c1-28(2)30(5)13-15-32(28,42-24(30)35)26(37)39-19-11-9-17-7-8-18-10-12-20(34)40-22(18)21(17)23(19)41-27(38)33-16-14-31(6,25(36)43-33)29(33,3)4/h7-8,10,12,19,23H,9,11,13-16H2,1-6H3/t19-,23-,30?,31?,32?,33?/m0/s1. The molecule has 4 fully saturated rings. The minimum absolute atomic E-state index is 0.235. The van der Waals surface area contributed by atoms with Gasteiger partial charge in [-0.3, -0.25) is 9.59 Å². The van der Waals surface area contributed by atoms with Gasteiger partial charge < -0.3 is 23.4 Å². The molecule has 7 rings (SSSR count). The van der Waals surface area contributed by atoms with E-state index in [1.54, 1.807) is 13.0 Å². The molecule has 2 saturated heterocycles. The lowest BCUT2D eigenvalue weighted by molar-refractivity contribution is -0.203. The van der Waals surface area contributed by atoms with Crippen LogP contribution in [0.15, 0.2) is 33.5 Å². The summed E-state index contributed by atoms with van der Waals surface area (Å²) in [5.41, 5.74) is -5.51. The summed E-state index contributed by atoms with van der Waals surface area (Å²) in [6, 6.07) is 6.63. The number of benzene rings is 1. The summed E-state index contributed by atoms with van der Waals surface area (Å²) in [5.74, 6) is -2.31. The highest BCUT2D eigenvalue weighted by Gasteiger charge is 2.78. The molecule has 4 bridgehead atoms. The van der Waals surface area contributed by atoms with Crippen molar-refractivity contribution < 1.29 is 42.5 Å². The highest BCUT2D eigenvalue weighted by molar-refractivity contribution is 5.95. The Hall–Kier alpha value is -3.69. The molecule has 3 heterocycles. The Morgan fingerprint density at radius 1 is 0.744 bits per heavy atom. The third kappa shape index (κ3) is 3.12. The topological polar surface area (TPSA) is 135 Å². The average molecular weight is 593 g/mol. The predicted molar refractivity (Wildman–Crippen MR) is 149 cm³/mol. The zero-order chi connectivity index (χ0) is 31.0. The molecule has 3 aliphatic carbocycles. The van der Waals surface area contributed by atoms with Crippen LogP contribution in [0.25, 0.3) is 11.0 Å². The van der Waals surface area contributed by atoms with Gasteiger partial charge in [0.15, 0.2) is 6.10 Å². The molecule has 2 saturated carbocycles. The number of fused-ring (bicyclic) bond motifs is 7. The zero-order valence-corrected chi connectivity index (χ0v) is 25.3. The number of hydrogen-bond acceptors (Lipinski definition) is 10. The molecule has 1 aromatic carbocycles. The summed E-state index contributed by atoms with van der Waals surface area (Å²) in [6.45, 7) is 11.0. The predicted octanol–water partition coefficient (Wildman–Crippen LogP) is 4.48. The fraction of sp³-hybridized carbons (Fsp3) is 0.606. The lowest BCUT2D eigenvalue weighted by Crippen LogP contribution is -2.52. The molecule has 10 heteroatoms. The fourth-order valence-corrected chi connectivity index (χ4v) is 8.46. The first-order valence-electron chi connectivity index (χ1n) is 15.0. The van der Waals surface area contributed by atoms with Crippen molar-refractivity contribution in [1.82, 2.24) is 0 Å². The van der Waals surface area contributed by atoms with Gasteiger partial charge in [-0.05, 0) is 64.0 Å². The zero-order valence-electron chi connectivity index (χ0n) is 25.3. The van der Waals surface area contributed by atoms with E-state index in [2.05, 4.69) is 0 Å². The van der Waals surface area contributed by atoms with E-state index in [1.807, 2.05) is 46.8 Å². The molecule has 5 aliphatic rings. The third-order valence-corrected chi connectivity index (χ3v) is 12.6. The maximum atomic E-state index is 14.2. The van der Waals surface area contributed by atoms with Crippen LogP contribution in [0.5, 0.6) is 0 Å². The Bertz CT molecular complexity index is 1700. The van der Waals surface area contributed by atoms with E-state index in [0.29, 0.717) is 49.5 Å². The number of hydrogen-bond donors (Lipinski definition) is 0. The highest BCUT2D eigenvalue weighted by Crippen LogP contribution is 2.67. The smallest absolute Gasteiger partial charge is 0.351 e. The van der Waals surface area contributed by atoms with Crippen LogP contribution in [0.1, 0.15) is 90.9 Å². The molecule has 0 N–H and O–H groups in total. The lowest BCUT2D eigenvalue weighted by atomic mass is 9.66. The van der Waals surface area contributed by atoms with E-state index in [9.17, 15) is 24.0 Å². The van der Waals surface area contributed by atoms with Gasteiger partial charge in [-0.15, -0.1) is 0 Å². The molecule has 10 nitrogen and oxygen atoms in total. The van der Waals surface area contributed by atoms with Crippen molar-refractivity contribution in [2.75, 3.05) is 0 Å². The fourth-order valence-electron chi connectivity index (χ4n) is 8.46. The van der Waals surface area contributed by atoms with Crippen LogP contribution in [0.2, 0.25) is 0 Å². The van der Waals surface area contributed by atoms with E-state index >= 15 is 0 Å². The molecule has 0 radical (unpaired) electrons. The van der Waals surface area contributed by atoms with Gasteiger partial charge in [0.05, 0.1) is 10.8 Å². The van der Waals surface area contributed by atoms with Crippen molar-refractivity contribution in [3.63, 3.8) is 0 Å². The number of aryl methyl sites for hydroxylation is 1. The van der Waals surface area contributed by atoms with Crippen LogP contribution in [0.3, 0.4) is 0 Å². The van der Waals surface area contributed by atoms with Gasteiger partial charge in [-0.2, -0.15) is 0 Å². The van der Waals surface area contributed by atoms with Crippen LogP contribution >= 0.6 is 0 Å². The Kier molecular flexibility index (Phi) is 5.40. The molecule has 2 aromatic rings. The van der Waals surface area contributed by atoms with Gasteiger partial charge in [-0.1, -0.05) is 39.8 Å². The minimum Gasteiger partial charge on any atom is -0.455 e. The molecule has 0 spiro atoms. The third-order valence-electron chi connectivity index (χ3n) is 12.6. The monoisotopic (exact) mass is 592 g/mol. The van der Waals surface area contributed by atoms with Gasteiger partial charge in [0.2, 0.25) is 11.2 Å². The first kappa shape index (κ1) is 28.1. The highest BCUT2D eigenvalue weighted by atomic mass is 16.6. The number of rotatable bonds is 4. The Morgan fingerprint density at radius 3 is 1.79 bits per heavy atom. The van der Waals surface area contributed by atoms with Crippen LogP contribution in [0.4, 0.5) is 0 Å². The van der Waals surface area contributed by atoms with E-state index in [4.69, 9.17) is 23.4 Å². The minimum atomic E-state index is -1.52. The van der Waals surface area contributed by atoms with Crippen molar-refractivity contribution in [2.45, 2.75) is 103 Å². The summed E-state index contributed by atoms with van der Waals surface area (Å²) in [5, 5.41) is 0.613. The average Bonchev–Trinajstić information content (AvgIpc) is 3.42. The molecule has 2 aliphatic heterocycles. The Morgan fingerprint density at radius 2 is 1.28 bits per heavy atom. The van der Waals surface area contributed by atoms with Crippen molar-refractivity contribution in [3.8, 4) is 0 Å². The summed E-state index contributed by atoms with van der Waals surface area (Å²) >= 11 is 0. The van der Waals surface area contributed by atoms with E-state index in [1.165, 1.54) is 6.07 Å². The summed E-state index contributed by atoms with van der Waals surface area (Å²) < 4.78 is 29.7. The van der Waals surface area contributed by atoms with Gasteiger partial charge in [0, 0.05) is 27.8 Å². The van der Waals surface area contributed by atoms with E-state index < -0.39 is 74.6 Å². The molecule has 1 aromatic heterocycles. The van der Waals surface area contributed by atoms with E-state index in [-0.39, 0.29) is 5.58 Å². The molecule has 0 amide bonds. The maximum absolute atomic E-state index is 14.2. The number of ether oxygens (including phenoxy) is 4. The van der Waals surface area contributed by atoms with Gasteiger partial charge in [0.25, 0.3) is 0 Å². The van der Waals surface area contributed by atoms with Crippen molar-refractivity contribution in [1.29, 1.82) is 0 Å². The Labute approximate surface area is 248 Å². The largest absolute Gasteiger partial charge is 0.455 e. The molecule has 228 valence electrons.